The molecule has 1 fully saturated rings. The number of nitrogens with one attached hydrogen (secondary N) is 1. The second-order valence-electron chi connectivity index (χ2n) is 8.68. The number of amides is 1. The van der Waals surface area contributed by atoms with E-state index >= 15 is 0 Å². The van der Waals surface area contributed by atoms with Gasteiger partial charge in [0.25, 0.3) is 5.91 Å². The highest BCUT2D eigenvalue weighted by atomic mass is 16.5. The molecule has 1 aliphatic heterocycles. The van der Waals surface area contributed by atoms with Gasteiger partial charge in [-0.3, -0.25) is 9.59 Å². The predicted octanol–water partition coefficient (Wildman–Crippen LogP) is 4.58. The molecule has 0 aliphatic carbocycles. The summed E-state index contributed by atoms with van der Waals surface area (Å²) in [6.45, 7) is 5.30. The fraction of sp³-hybridized carbons (Fsp3) is 0.286. The van der Waals surface area contributed by atoms with E-state index in [2.05, 4.69) is 22.2 Å². The number of methoxy groups -OCH3 is 2. The molecule has 4 rings (SSSR count). The van der Waals surface area contributed by atoms with E-state index < -0.39 is 0 Å². The fourth-order valence-corrected chi connectivity index (χ4v) is 4.22. The first kappa shape index (κ1) is 24.3. The number of carbonyl (C=O) groups excluding carboxylic acids is 2. The number of ketones is 1. The van der Waals surface area contributed by atoms with Gasteiger partial charge in [-0.2, -0.15) is 0 Å². The summed E-state index contributed by atoms with van der Waals surface area (Å²) in [5.74, 6) is 1.20. The molecular formula is C28H31N3O4. The van der Waals surface area contributed by atoms with E-state index in [0.29, 0.717) is 16.9 Å². The van der Waals surface area contributed by atoms with Crippen LogP contribution in [0, 0.1) is 0 Å². The molecule has 1 heterocycles. The molecule has 1 N–H and O–H groups in total. The molecule has 1 saturated heterocycles. The van der Waals surface area contributed by atoms with Crippen LogP contribution >= 0.6 is 0 Å². The number of anilines is 2. The third-order valence-corrected chi connectivity index (χ3v) is 6.35. The molecule has 0 atom stereocenters. The summed E-state index contributed by atoms with van der Waals surface area (Å²) in [6.07, 6.45) is 0. The van der Waals surface area contributed by atoms with Crippen molar-refractivity contribution in [1.82, 2.24) is 4.90 Å². The normalized spacial score (nSPS) is 13.9. The lowest BCUT2D eigenvalue weighted by Crippen LogP contribution is -2.44. The summed E-state index contributed by atoms with van der Waals surface area (Å²) in [6, 6.07) is 18.4. The van der Waals surface area contributed by atoms with Crippen molar-refractivity contribution < 1.29 is 19.1 Å². The summed E-state index contributed by atoms with van der Waals surface area (Å²) in [7, 11) is 5.36. The van der Waals surface area contributed by atoms with Crippen molar-refractivity contribution in [2.75, 3.05) is 57.7 Å². The Bertz CT molecular complexity index is 1220. The zero-order valence-electron chi connectivity index (χ0n) is 20.6. The number of piperazine rings is 1. The van der Waals surface area contributed by atoms with Crippen LogP contribution in [0.5, 0.6) is 11.5 Å². The van der Waals surface area contributed by atoms with E-state index in [9.17, 15) is 9.59 Å². The number of hydrogen-bond donors (Lipinski definition) is 1. The fourth-order valence-electron chi connectivity index (χ4n) is 4.22. The van der Waals surface area contributed by atoms with Crippen molar-refractivity contribution >= 4 is 23.1 Å². The van der Waals surface area contributed by atoms with Crippen molar-refractivity contribution in [2.45, 2.75) is 6.92 Å². The Hall–Kier alpha value is -3.84. The van der Waals surface area contributed by atoms with Crippen LogP contribution in [-0.2, 0) is 0 Å². The average molecular weight is 474 g/mol. The van der Waals surface area contributed by atoms with Crippen molar-refractivity contribution in [2.24, 2.45) is 0 Å². The number of hydrogen-bond acceptors (Lipinski definition) is 6. The van der Waals surface area contributed by atoms with Crippen LogP contribution in [0.4, 0.5) is 11.4 Å². The van der Waals surface area contributed by atoms with Gasteiger partial charge in [-0.15, -0.1) is 0 Å². The zero-order chi connectivity index (χ0) is 24.9. The van der Waals surface area contributed by atoms with Gasteiger partial charge in [0.15, 0.2) is 5.78 Å². The van der Waals surface area contributed by atoms with Gasteiger partial charge < -0.3 is 24.6 Å². The van der Waals surface area contributed by atoms with Crippen molar-refractivity contribution in [3.8, 4) is 22.6 Å². The molecule has 0 aromatic heterocycles. The Kier molecular flexibility index (Phi) is 7.36. The number of ether oxygens (including phenoxy) is 2. The number of nitrogens with zero attached hydrogens (tertiary/aromatic N) is 2. The first-order valence-corrected chi connectivity index (χ1v) is 11.6. The highest BCUT2D eigenvalue weighted by molar-refractivity contribution is 6.05. The van der Waals surface area contributed by atoms with Crippen LogP contribution in [0.3, 0.4) is 0 Å². The second-order valence-corrected chi connectivity index (χ2v) is 8.68. The van der Waals surface area contributed by atoms with Gasteiger partial charge >= 0.3 is 0 Å². The number of Topliss-reactive ketones (excluding diaryl/α,β-unsaturated/α-hetero) is 1. The third-order valence-electron chi connectivity index (χ3n) is 6.35. The molecular weight excluding hydrogens is 442 g/mol. The molecule has 0 saturated carbocycles. The molecule has 0 radical (unpaired) electrons. The largest absolute Gasteiger partial charge is 0.496 e. The second kappa shape index (κ2) is 10.6. The molecule has 1 aliphatic rings. The summed E-state index contributed by atoms with van der Waals surface area (Å²) in [5.41, 5.74) is 4.60. The van der Waals surface area contributed by atoms with Crippen LogP contribution in [-0.4, -0.2) is 64.0 Å². The van der Waals surface area contributed by atoms with Crippen molar-refractivity contribution in [3.63, 3.8) is 0 Å². The van der Waals surface area contributed by atoms with E-state index in [0.717, 1.165) is 54.4 Å². The topological polar surface area (TPSA) is 71.1 Å². The van der Waals surface area contributed by atoms with Crippen LogP contribution in [0.25, 0.3) is 11.1 Å². The number of carbonyl (C=O) groups is 2. The van der Waals surface area contributed by atoms with E-state index in [1.165, 1.54) is 6.92 Å². The summed E-state index contributed by atoms with van der Waals surface area (Å²) < 4.78 is 11.1. The van der Waals surface area contributed by atoms with E-state index in [1.807, 2.05) is 36.4 Å². The molecule has 1 amide bonds. The Labute approximate surface area is 206 Å². The van der Waals surface area contributed by atoms with Gasteiger partial charge in [0.1, 0.15) is 11.5 Å². The molecule has 35 heavy (non-hydrogen) atoms. The van der Waals surface area contributed by atoms with E-state index in [-0.39, 0.29) is 11.7 Å². The number of rotatable bonds is 7. The lowest BCUT2D eigenvalue weighted by Gasteiger charge is -2.34. The SMILES string of the molecule is COc1cc(C(C)=O)ccc1-c1ccc(C(=O)Nc2ccc(OC)c(N3CCN(C)CC3)c2)cc1. The molecule has 0 bridgehead atoms. The monoisotopic (exact) mass is 473 g/mol. The maximum Gasteiger partial charge on any atom is 0.255 e. The minimum absolute atomic E-state index is 0.0174. The van der Waals surface area contributed by atoms with Gasteiger partial charge in [0, 0.05) is 48.6 Å². The number of likely N-dealkylation sites (N-methyl/N-ethyl adjacent to an activating group) is 1. The Morgan fingerprint density at radius 1 is 0.800 bits per heavy atom. The van der Waals surface area contributed by atoms with E-state index in [1.54, 1.807) is 38.5 Å². The molecule has 182 valence electrons. The highest BCUT2D eigenvalue weighted by Gasteiger charge is 2.19. The van der Waals surface area contributed by atoms with Crippen LogP contribution in [0.2, 0.25) is 0 Å². The maximum atomic E-state index is 13.0. The van der Waals surface area contributed by atoms with Crippen LogP contribution in [0.15, 0.2) is 60.7 Å². The molecule has 3 aromatic carbocycles. The highest BCUT2D eigenvalue weighted by Crippen LogP contribution is 2.33. The maximum absolute atomic E-state index is 13.0. The van der Waals surface area contributed by atoms with Crippen LogP contribution < -0.4 is 19.7 Å². The van der Waals surface area contributed by atoms with E-state index in [4.69, 9.17) is 9.47 Å². The van der Waals surface area contributed by atoms with Gasteiger partial charge in [0.05, 0.1) is 19.9 Å². The molecule has 7 heteroatoms. The molecule has 7 nitrogen and oxygen atoms in total. The minimum Gasteiger partial charge on any atom is -0.496 e. The molecule has 0 unspecified atom stereocenters. The van der Waals surface area contributed by atoms with Gasteiger partial charge in [-0.1, -0.05) is 18.2 Å². The molecule has 0 spiro atoms. The quantitative estimate of drug-likeness (QED) is 0.507. The van der Waals surface area contributed by atoms with Gasteiger partial charge in [-0.25, -0.2) is 0 Å². The first-order chi connectivity index (χ1) is 16.9. The Morgan fingerprint density at radius 3 is 2.09 bits per heavy atom. The smallest absolute Gasteiger partial charge is 0.255 e. The molecule has 3 aromatic rings. The predicted molar refractivity (Wildman–Crippen MR) is 139 cm³/mol. The Balaban J connectivity index is 1.51. The minimum atomic E-state index is -0.190. The van der Waals surface area contributed by atoms with Crippen molar-refractivity contribution in [1.29, 1.82) is 0 Å². The first-order valence-electron chi connectivity index (χ1n) is 11.6. The van der Waals surface area contributed by atoms with Gasteiger partial charge in [-0.05, 0) is 62.0 Å². The van der Waals surface area contributed by atoms with Gasteiger partial charge in [0.2, 0.25) is 0 Å². The Morgan fingerprint density at radius 2 is 1.46 bits per heavy atom. The lowest BCUT2D eigenvalue weighted by molar-refractivity contribution is 0.101. The lowest BCUT2D eigenvalue weighted by atomic mass is 10.00. The summed E-state index contributed by atoms with van der Waals surface area (Å²) in [5, 5.41) is 3.01. The number of benzene rings is 3. The third kappa shape index (κ3) is 5.46. The zero-order valence-corrected chi connectivity index (χ0v) is 20.6. The summed E-state index contributed by atoms with van der Waals surface area (Å²) in [4.78, 5) is 29.2. The van der Waals surface area contributed by atoms with Crippen LogP contribution in [0.1, 0.15) is 27.6 Å². The summed E-state index contributed by atoms with van der Waals surface area (Å²) >= 11 is 0. The average Bonchev–Trinajstić information content (AvgIpc) is 2.88. The van der Waals surface area contributed by atoms with Crippen molar-refractivity contribution in [3.05, 3.63) is 71.8 Å². The standard InChI is InChI=1S/C28H31N3O4/c1-19(32)22-9-11-24(27(17-22)35-4)20-5-7-21(8-6-20)28(33)29-23-10-12-26(34-3)25(18-23)31-15-13-30(2)14-16-31/h5-12,17-18H,13-16H2,1-4H3,(H,29,33).